The quantitative estimate of drug-likeness (QED) is 0.243. The third-order valence-corrected chi connectivity index (χ3v) is 9.04. The monoisotopic (exact) mass is 484 g/mol. The van der Waals surface area contributed by atoms with Gasteiger partial charge in [0.15, 0.2) is 0 Å². The van der Waals surface area contributed by atoms with Gasteiger partial charge in [0.1, 0.15) is 0 Å². The Hall–Kier alpha value is -3.79. The fourth-order valence-electron chi connectivity index (χ4n) is 7.51. The molecule has 37 heavy (non-hydrogen) atoms. The van der Waals surface area contributed by atoms with Gasteiger partial charge in [0.25, 0.3) is 0 Å². The molecule has 1 saturated carbocycles. The van der Waals surface area contributed by atoms with Crippen LogP contribution in [0.2, 0.25) is 0 Å². The van der Waals surface area contributed by atoms with Crippen LogP contribution in [0.25, 0.3) is 50.5 Å². The van der Waals surface area contributed by atoms with Gasteiger partial charge < -0.3 is 9.13 Å². The number of aryl methyl sites for hydroxylation is 1. The molecule has 2 atom stereocenters. The van der Waals surface area contributed by atoms with Crippen molar-refractivity contribution in [3.63, 3.8) is 0 Å². The van der Waals surface area contributed by atoms with Gasteiger partial charge in [-0.2, -0.15) is 0 Å². The number of para-hydroxylation sites is 3. The van der Waals surface area contributed by atoms with Crippen LogP contribution in [-0.2, 0) is 12.0 Å². The number of allylic oxidation sites excluding steroid dienone is 1. The largest absolute Gasteiger partial charge is 0.310 e. The van der Waals surface area contributed by atoms with Crippen LogP contribution in [0.4, 0.5) is 0 Å². The molecule has 2 unspecified atom stereocenters. The van der Waals surface area contributed by atoms with Gasteiger partial charge in [-0.15, -0.1) is 0 Å². The molecule has 184 valence electrons. The number of nitrogens with zero attached hydrogens (tertiary/aromatic N) is 4. The second kappa shape index (κ2) is 7.61. The highest BCUT2D eigenvalue weighted by molar-refractivity contribution is 5.94. The maximum Gasteiger partial charge on any atom is 0.216 e. The Morgan fingerprint density at radius 2 is 1.76 bits per heavy atom. The van der Waals surface area contributed by atoms with E-state index in [4.69, 9.17) is 4.98 Å². The van der Waals surface area contributed by atoms with Crippen molar-refractivity contribution in [2.45, 2.75) is 57.9 Å². The van der Waals surface area contributed by atoms with Gasteiger partial charge >= 0.3 is 0 Å². The van der Waals surface area contributed by atoms with Crippen molar-refractivity contribution in [3.8, 4) is 5.69 Å². The van der Waals surface area contributed by atoms with Gasteiger partial charge in [-0.3, -0.25) is 4.40 Å². The Labute approximate surface area is 216 Å². The van der Waals surface area contributed by atoms with Crippen molar-refractivity contribution < 1.29 is 0 Å². The molecule has 8 rings (SSSR count). The zero-order valence-corrected chi connectivity index (χ0v) is 21.6. The number of aromatic nitrogens is 4. The number of rotatable bonds is 2. The normalized spacial score (nSPS) is 21.9. The summed E-state index contributed by atoms with van der Waals surface area (Å²) in [5, 5.41) is 1.38. The van der Waals surface area contributed by atoms with E-state index in [0.29, 0.717) is 0 Å². The predicted octanol–water partition coefficient (Wildman–Crippen LogP) is 8.27. The molecule has 2 aliphatic rings. The number of imidazole rings is 2. The minimum absolute atomic E-state index is 0.0611. The standard InChI is InChI=1S/C33H32N4/c1-22-10-9-19-33(2,21-22)37-30-18-17-23(20-31(30)36-29-16-8-5-13-26(29)34-32(36)37)35-27-14-6-3-11-24(27)25-12-4-7-15-28(25)35/h3,5-8,11,13-18,20,22H,4,9-10,12,19,21H2,1-2H3. The van der Waals surface area contributed by atoms with Crippen LogP contribution in [0.3, 0.4) is 0 Å². The van der Waals surface area contributed by atoms with E-state index in [1.807, 2.05) is 0 Å². The van der Waals surface area contributed by atoms with E-state index >= 15 is 0 Å². The molecule has 4 heteroatoms. The SMILES string of the molecule is CC1CCCC(C)(n2c3ccc(-n4c5c(c6ccccc64)CCC=C5)cc3n3c4ccccc4nc23)C1. The lowest BCUT2D eigenvalue weighted by atomic mass is 9.77. The van der Waals surface area contributed by atoms with Crippen molar-refractivity contribution in [1.29, 1.82) is 0 Å². The molecule has 0 aliphatic heterocycles. The molecule has 6 aromatic rings. The number of fused-ring (bicyclic) bond motifs is 8. The van der Waals surface area contributed by atoms with E-state index in [2.05, 4.69) is 106 Å². The zero-order valence-electron chi connectivity index (χ0n) is 21.6. The van der Waals surface area contributed by atoms with Crippen molar-refractivity contribution in [2.75, 3.05) is 0 Å². The van der Waals surface area contributed by atoms with Crippen LogP contribution in [-0.4, -0.2) is 18.5 Å². The first kappa shape index (κ1) is 21.3. The highest BCUT2D eigenvalue weighted by atomic mass is 15.2. The molecule has 3 aromatic carbocycles. The Morgan fingerprint density at radius 1 is 0.919 bits per heavy atom. The van der Waals surface area contributed by atoms with E-state index < -0.39 is 0 Å². The summed E-state index contributed by atoms with van der Waals surface area (Å²) < 4.78 is 7.45. The number of hydrogen-bond acceptors (Lipinski definition) is 1. The smallest absolute Gasteiger partial charge is 0.216 e. The van der Waals surface area contributed by atoms with Gasteiger partial charge in [0, 0.05) is 22.3 Å². The minimum atomic E-state index is 0.0611. The molecule has 0 bridgehead atoms. The van der Waals surface area contributed by atoms with Crippen molar-refractivity contribution in [2.24, 2.45) is 5.92 Å². The van der Waals surface area contributed by atoms with E-state index in [-0.39, 0.29) is 5.54 Å². The summed E-state index contributed by atoms with van der Waals surface area (Å²) in [7, 11) is 0. The molecule has 2 aliphatic carbocycles. The summed E-state index contributed by atoms with van der Waals surface area (Å²) in [6, 6.07) is 24.6. The third-order valence-electron chi connectivity index (χ3n) is 9.04. The average Bonchev–Trinajstić information content (AvgIpc) is 3.55. The van der Waals surface area contributed by atoms with Crippen molar-refractivity contribution >= 4 is 44.8 Å². The fraction of sp³-hybridized carbons (Fsp3) is 0.303. The van der Waals surface area contributed by atoms with E-state index in [1.54, 1.807) is 0 Å². The highest BCUT2D eigenvalue weighted by Gasteiger charge is 2.35. The van der Waals surface area contributed by atoms with Gasteiger partial charge in [-0.25, -0.2) is 4.98 Å². The van der Waals surface area contributed by atoms with Crippen LogP contribution >= 0.6 is 0 Å². The van der Waals surface area contributed by atoms with Gasteiger partial charge in [-0.1, -0.05) is 56.2 Å². The highest BCUT2D eigenvalue weighted by Crippen LogP contribution is 2.43. The number of hydrogen-bond donors (Lipinski definition) is 0. The molecule has 1 fully saturated rings. The van der Waals surface area contributed by atoms with Gasteiger partial charge in [-0.05, 0) is 86.6 Å². The van der Waals surface area contributed by atoms with E-state index in [0.717, 1.165) is 30.1 Å². The Kier molecular flexibility index (Phi) is 4.38. The zero-order chi connectivity index (χ0) is 24.7. The summed E-state index contributed by atoms with van der Waals surface area (Å²) in [5.74, 6) is 1.80. The molecular formula is C33H32N4. The predicted molar refractivity (Wildman–Crippen MR) is 154 cm³/mol. The first-order valence-corrected chi connectivity index (χ1v) is 13.8. The Morgan fingerprint density at radius 3 is 2.65 bits per heavy atom. The van der Waals surface area contributed by atoms with Crippen molar-refractivity contribution in [1.82, 2.24) is 18.5 Å². The molecule has 3 aromatic heterocycles. The summed E-state index contributed by atoms with van der Waals surface area (Å²) in [4.78, 5) is 5.22. The fourth-order valence-corrected chi connectivity index (χ4v) is 7.51. The molecule has 4 nitrogen and oxygen atoms in total. The van der Waals surface area contributed by atoms with Crippen LogP contribution < -0.4 is 0 Å². The van der Waals surface area contributed by atoms with Crippen LogP contribution in [0.1, 0.15) is 57.2 Å². The Bertz CT molecular complexity index is 1880. The number of benzene rings is 3. The molecule has 3 heterocycles. The van der Waals surface area contributed by atoms with E-state index in [1.165, 1.54) is 70.1 Å². The van der Waals surface area contributed by atoms with Crippen LogP contribution in [0, 0.1) is 5.92 Å². The van der Waals surface area contributed by atoms with E-state index in [9.17, 15) is 0 Å². The molecule has 0 radical (unpaired) electrons. The second-order valence-corrected chi connectivity index (χ2v) is 11.6. The average molecular weight is 485 g/mol. The summed E-state index contributed by atoms with van der Waals surface area (Å²) in [5.41, 5.74) is 10.1. The first-order chi connectivity index (χ1) is 18.1. The van der Waals surface area contributed by atoms with Gasteiger partial charge in [0.05, 0.1) is 27.6 Å². The van der Waals surface area contributed by atoms with Gasteiger partial charge in [0.2, 0.25) is 5.78 Å². The first-order valence-electron chi connectivity index (χ1n) is 13.8. The van der Waals surface area contributed by atoms with Crippen LogP contribution in [0.15, 0.2) is 72.8 Å². The Balaban J connectivity index is 1.46. The molecule has 0 spiro atoms. The second-order valence-electron chi connectivity index (χ2n) is 11.6. The lowest BCUT2D eigenvalue weighted by Gasteiger charge is -2.38. The minimum Gasteiger partial charge on any atom is -0.310 e. The van der Waals surface area contributed by atoms with Crippen molar-refractivity contribution in [3.05, 3.63) is 84.1 Å². The molecule has 0 saturated heterocycles. The van der Waals surface area contributed by atoms with Crippen LogP contribution in [0.5, 0.6) is 0 Å². The summed E-state index contributed by atoms with van der Waals surface area (Å²) in [6.45, 7) is 4.87. The molecule has 0 amide bonds. The third kappa shape index (κ3) is 2.93. The maximum absolute atomic E-state index is 5.22. The summed E-state index contributed by atoms with van der Waals surface area (Å²) >= 11 is 0. The summed E-state index contributed by atoms with van der Waals surface area (Å²) in [6.07, 6.45) is 11.8. The maximum atomic E-state index is 5.22. The lowest BCUT2D eigenvalue weighted by molar-refractivity contribution is 0.182. The molecular weight excluding hydrogens is 452 g/mol. The molecule has 0 N–H and O–H groups in total. The lowest BCUT2D eigenvalue weighted by Crippen LogP contribution is -2.35. The topological polar surface area (TPSA) is 27.2 Å².